The minimum Gasteiger partial charge on any atom is -0.459 e. The molecule has 64 valence electrons. The fraction of sp³-hybridized carbons (Fsp3) is 0.700. The summed E-state index contributed by atoms with van der Waals surface area (Å²) in [6, 6.07) is 0. The van der Waals surface area contributed by atoms with Crippen LogP contribution in [0.2, 0.25) is 0 Å². The van der Waals surface area contributed by atoms with Crippen molar-refractivity contribution in [1.82, 2.24) is 0 Å². The third-order valence-electron chi connectivity index (χ3n) is 3.06. The molecule has 2 nitrogen and oxygen atoms in total. The minimum atomic E-state index is -0.479. The first-order chi connectivity index (χ1) is 5.79. The Balaban J connectivity index is 1.90. The zero-order valence-corrected chi connectivity index (χ0v) is 6.95. The monoisotopic (exact) mass is 164 g/mol. The van der Waals surface area contributed by atoms with Crippen LogP contribution in [0.15, 0.2) is 6.08 Å². The second kappa shape index (κ2) is 2.92. The van der Waals surface area contributed by atoms with E-state index in [4.69, 9.17) is 11.3 Å². The van der Waals surface area contributed by atoms with Crippen LogP contribution in [-0.4, -0.2) is 12.1 Å². The standard InChI is InChI=1S/C10H12O2/c1-2-10(11)12-9-6-7-3-4-8(9)5-7/h2,7-9H,3-6H2. The molecule has 2 aliphatic carbocycles. The number of carbonyl (C=O) groups excluding carboxylic acids is 1. The van der Waals surface area contributed by atoms with Gasteiger partial charge in [-0.05, 0) is 44.1 Å². The molecule has 2 fully saturated rings. The van der Waals surface area contributed by atoms with Crippen LogP contribution < -0.4 is 0 Å². The van der Waals surface area contributed by atoms with Crippen molar-refractivity contribution < 1.29 is 9.53 Å². The lowest BCUT2D eigenvalue weighted by molar-refractivity contribution is -0.145. The van der Waals surface area contributed by atoms with Crippen LogP contribution in [0.1, 0.15) is 25.7 Å². The average molecular weight is 164 g/mol. The summed E-state index contributed by atoms with van der Waals surface area (Å²) in [6.45, 7) is 6.71. The molecule has 2 aliphatic rings. The Kier molecular flexibility index (Phi) is 1.91. The van der Waals surface area contributed by atoms with E-state index in [9.17, 15) is 4.79 Å². The maximum Gasteiger partial charge on any atom is 0.331 e. The van der Waals surface area contributed by atoms with Crippen molar-refractivity contribution in [2.45, 2.75) is 31.8 Å². The van der Waals surface area contributed by atoms with Crippen molar-refractivity contribution in [2.24, 2.45) is 11.8 Å². The first kappa shape index (κ1) is 7.84. The second-order valence-corrected chi connectivity index (χ2v) is 3.79. The van der Waals surface area contributed by atoms with Crippen LogP contribution in [0, 0.1) is 18.4 Å². The molecule has 3 atom stereocenters. The van der Waals surface area contributed by atoms with E-state index < -0.39 is 5.97 Å². The highest BCUT2D eigenvalue weighted by Crippen LogP contribution is 2.45. The normalized spacial score (nSPS) is 38.2. The molecule has 12 heavy (non-hydrogen) atoms. The predicted molar refractivity (Wildman–Crippen MR) is 43.1 cm³/mol. The van der Waals surface area contributed by atoms with Crippen molar-refractivity contribution in [3.05, 3.63) is 12.7 Å². The third kappa shape index (κ3) is 1.26. The Labute approximate surface area is 72.6 Å². The molecule has 0 aromatic heterocycles. The lowest BCUT2D eigenvalue weighted by atomic mass is 9.98. The molecule has 0 aliphatic heterocycles. The molecule has 2 rings (SSSR count). The van der Waals surface area contributed by atoms with E-state index in [0.29, 0.717) is 5.92 Å². The van der Waals surface area contributed by atoms with E-state index in [0.717, 1.165) is 18.4 Å². The third-order valence-corrected chi connectivity index (χ3v) is 3.06. The lowest BCUT2D eigenvalue weighted by Gasteiger charge is -2.20. The molecule has 0 amide bonds. The van der Waals surface area contributed by atoms with Crippen LogP contribution in [0.5, 0.6) is 0 Å². The van der Waals surface area contributed by atoms with E-state index >= 15 is 0 Å². The highest BCUT2D eigenvalue weighted by atomic mass is 16.5. The summed E-state index contributed by atoms with van der Waals surface area (Å²) >= 11 is 0. The Hall–Kier alpha value is -0.790. The number of ether oxygens (including phenoxy) is 1. The summed E-state index contributed by atoms with van der Waals surface area (Å²) in [4.78, 5) is 10.8. The minimum absolute atomic E-state index is 0.123. The molecule has 0 heterocycles. The van der Waals surface area contributed by atoms with E-state index in [1.165, 1.54) is 19.3 Å². The van der Waals surface area contributed by atoms with Gasteiger partial charge in [-0.15, -0.1) is 0 Å². The van der Waals surface area contributed by atoms with Crippen molar-refractivity contribution in [2.75, 3.05) is 0 Å². The van der Waals surface area contributed by atoms with Gasteiger partial charge in [-0.2, -0.15) is 0 Å². The van der Waals surface area contributed by atoms with Gasteiger partial charge < -0.3 is 4.74 Å². The first-order valence-electron chi connectivity index (χ1n) is 4.50. The number of fused-ring (bicyclic) bond motifs is 2. The van der Waals surface area contributed by atoms with Gasteiger partial charge in [0.15, 0.2) is 0 Å². The van der Waals surface area contributed by atoms with Gasteiger partial charge in [0.2, 0.25) is 0 Å². The number of hydrogen-bond donors (Lipinski definition) is 0. The van der Waals surface area contributed by atoms with Gasteiger partial charge in [-0.1, -0.05) is 0 Å². The van der Waals surface area contributed by atoms with Gasteiger partial charge in [0.05, 0.1) is 0 Å². The fourth-order valence-electron chi connectivity index (χ4n) is 2.51. The molecule has 2 bridgehead atoms. The van der Waals surface area contributed by atoms with Crippen molar-refractivity contribution in [3.8, 4) is 0 Å². The molecular weight excluding hydrogens is 152 g/mol. The molecule has 0 N–H and O–H groups in total. The van der Waals surface area contributed by atoms with Gasteiger partial charge >= 0.3 is 5.97 Å². The largest absolute Gasteiger partial charge is 0.459 e. The van der Waals surface area contributed by atoms with Crippen LogP contribution in [0.3, 0.4) is 0 Å². The maximum absolute atomic E-state index is 10.8. The van der Waals surface area contributed by atoms with Crippen LogP contribution in [0.4, 0.5) is 0 Å². The van der Waals surface area contributed by atoms with Crippen LogP contribution in [-0.2, 0) is 9.53 Å². The number of carbonyl (C=O) groups is 1. The molecule has 2 radical (unpaired) electrons. The summed E-state index contributed by atoms with van der Waals surface area (Å²) in [5, 5.41) is 0. The Bertz CT molecular complexity index is 210. The molecule has 2 heteroatoms. The Morgan fingerprint density at radius 3 is 2.75 bits per heavy atom. The van der Waals surface area contributed by atoms with Crippen LogP contribution >= 0.6 is 0 Å². The molecule has 0 aromatic rings. The van der Waals surface area contributed by atoms with Crippen molar-refractivity contribution in [3.63, 3.8) is 0 Å². The quantitative estimate of drug-likeness (QED) is 0.457. The zero-order valence-electron chi connectivity index (χ0n) is 6.95. The van der Waals surface area contributed by atoms with E-state index in [1.54, 1.807) is 0 Å². The Morgan fingerprint density at radius 2 is 2.25 bits per heavy atom. The fourth-order valence-corrected chi connectivity index (χ4v) is 2.51. The predicted octanol–water partition coefficient (Wildman–Crippen LogP) is 1.58. The Morgan fingerprint density at radius 1 is 1.42 bits per heavy atom. The number of esters is 1. The molecule has 0 aromatic carbocycles. The van der Waals surface area contributed by atoms with Crippen LogP contribution in [0.25, 0.3) is 0 Å². The SMILES string of the molecule is [C]=CC(=O)OC1CC2CCC1C2. The summed E-state index contributed by atoms with van der Waals surface area (Å²) in [5.74, 6) is 0.907. The molecule has 0 saturated heterocycles. The molecule has 2 saturated carbocycles. The van der Waals surface area contributed by atoms with Gasteiger partial charge in [0.25, 0.3) is 0 Å². The van der Waals surface area contributed by atoms with Gasteiger partial charge in [-0.3, -0.25) is 0 Å². The summed E-state index contributed by atoms with van der Waals surface area (Å²) in [7, 11) is 0. The second-order valence-electron chi connectivity index (χ2n) is 3.79. The summed E-state index contributed by atoms with van der Waals surface area (Å²) in [6.07, 6.45) is 5.66. The van der Waals surface area contributed by atoms with Gasteiger partial charge in [0, 0.05) is 6.08 Å². The topological polar surface area (TPSA) is 26.3 Å². The van der Waals surface area contributed by atoms with E-state index in [1.807, 2.05) is 0 Å². The lowest BCUT2D eigenvalue weighted by Crippen LogP contribution is -2.22. The zero-order chi connectivity index (χ0) is 8.55. The highest BCUT2D eigenvalue weighted by molar-refractivity contribution is 5.80. The summed E-state index contributed by atoms with van der Waals surface area (Å²) in [5.41, 5.74) is 0. The molecule has 3 unspecified atom stereocenters. The number of rotatable bonds is 2. The molecule has 0 spiro atoms. The van der Waals surface area contributed by atoms with Gasteiger partial charge in [0.1, 0.15) is 6.10 Å². The first-order valence-corrected chi connectivity index (χ1v) is 4.50. The average Bonchev–Trinajstić information content (AvgIpc) is 2.64. The van der Waals surface area contributed by atoms with E-state index in [2.05, 4.69) is 0 Å². The summed E-state index contributed by atoms with van der Waals surface area (Å²) < 4.78 is 5.11. The highest BCUT2D eigenvalue weighted by Gasteiger charge is 2.41. The number of hydrogen-bond acceptors (Lipinski definition) is 2. The maximum atomic E-state index is 10.8. The van der Waals surface area contributed by atoms with Gasteiger partial charge in [-0.25, -0.2) is 4.79 Å². The van der Waals surface area contributed by atoms with Crippen molar-refractivity contribution >= 4 is 5.97 Å². The van der Waals surface area contributed by atoms with Crippen molar-refractivity contribution in [1.29, 1.82) is 0 Å². The smallest absolute Gasteiger partial charge is 0.331 e. The van der Waals surface area contributed by atoms with E-state index in [-0.39, 0.29) is 6.10 Å². The molecular formula is C10H12O2.